The van der Waals surface area contributed by atoms with Crippen LogP contribution in [0.2, 0.25) is 0 Å². The van der Waals surface area contributed by atoms with E-state index < -0.39 is 0 Å². The number of aryl methyl sites for hydroxylation is 1. The summed E-state index contributed by atoms with van der Waals surface area (Å²) in [6, 6.07) is 13.1. The first kappa shape index (κ1) is 17.7. The molecule has 138 valence electrons. The third-order valence-electron chi connectivity index (χ3n) is 5.72. The average molecular weight is 369 g/mol. The maximum absolute atomic E-state index is 12.7. The van der Waals surface area contributed by atoms with E-state index >= 15 is 0 Å². The van der Waals surface area contributed by atoms with Crippen LogP contribution in [0.3, 0.4) is 0 Å². The highest BCUT2D eigenvalue weighted by atomic mass is 32.1. The second kappa shape index (κ2) is 7.93. The van der Waals surface area contributed by atoms with Gasteiger partial charge in [-0.3, -0.25) is 9.69 Å². The number of thiophene rings is 1. The Bertz CT molecular complexity index is 747. The molecule has 2 heterocycles. The summed E-state index contributed by atoms with van der Waals surface area (Å²) < 4.78 is 0. The van der Waals surface area contributed by atoms with Gasteiger partial charge in [-0.2, -0.15) is 0 Å². The van der Waals surface area contributed by atoms with E-state index in [1.807, 2.05) is 0 Å². The molecular formula is C22H28N2OS. The van der Waals surface area contributed by atoms with Crippen LogP contribution in [0.15, 0.2) is 36.4 Å². The largest absolute Gasteiger partial charge is 0.349 e. The number of rotatable bonds is 4. The molecule has 2 aromatic rings. The van der Waals surface area contributed by atoms with Gasteiger partial charge in [0.25, 0.3) is 5.91 Å². The SMILES string of the molecule is C[C@H]1CCc2sc(C(=O)NC3CCN(Cc4ccccc4)CC3)cc2C1. The molecule has 26 heavy (non-hydrogen) atoms. The van der Waals surface area contributed by atoms with Gasteiger partial charge in [0.1, 0.15) is 0 Å². The number of hydrogen-bond donors (Lipinski definition) is 1. The number of nitrogens with zero attached hydrogens (tertiary/aromatic N) is 1. The van der Waals surface area contributed by atoms with E-state index in [-0.39, 0.29) is 5.91 Å². The molecule has 0 unspecified atom stereocenters. The van der Waals surface area contributed by atoms with Gasteiger partial charge >= 0.3 is 0 Å². The number of benzene rings is 1. The molecule has 2 aliphatic rings. The molecule has 0 bridgehead atoms. The van der Waals surface area contributed by atoms with Crippen LogP contribution in [0.1, 0.15) is 51.9 Å². The van der Waals surface area contributed by atoms with Crippen LogP contribution in [0, 0.1) is 5.92 Å². The van der Waals surface area contributed by atoms with Gasteiger partial charge in [-0.05, 0) is 55.2 Å². The number of likely N-dealkylation sites (tertiary alicyclic amines) is 1. The smallest absolute Gasteiger partial charge is 0.261 e. The van der Waals surface area contributed by atoms with Gasteiger partial charge in [-0.1, -0.05) is 37.3 Å². The molecule has 1 atom stereocenters. The molecule has 0 saturated carbocycles. The third-order valence-corrected chi connectivity index (χ3v) is 6.96. The highest BCUT2D eigenvalue weighted by Gasteiger charge is 2.24. The summed E-state index contributed by atoms with van der Waals surface area (Å²) >= 11 is 1.71. The van der Waals surface area contributed by atoms with Crippen LogP contribution in [0.5, 0.6) is 0 Å². The van der Waals surface area contributed by atoms with Crippen molar-refractivity contribution in [3.8, 4) is 0 Å². The normalized spacial score (nSPS) is 21.3. The van der Waals surface area contributed by atoms with Crippen molar-refractivity contribution in [3.05, 3.63) is 57.3 Å². The number of fused-ring (bicyclic) bond motifs is 1. The third kappa shape index (κ3) is 4.18. The molecular weight excluding hydrogens is 340 g/mol. The molecule has 4 heteroatoms. The lowest BCUT2D eigenvalue weighted by molar-refractivity contribution is 0.0913. The lowest BCUT2D eigenvalue weighted by Gasteiger charge is -2.32. The minimum atomic E-state index is 0.138. The van der Waals surface area contributed by atoms with E-state index in [0.717, 1.165) is 56.1 Å². The van der Waals surface area contributed by atoms with Crippen molar-refractivity contribution >= 4 is 17.2 Å². The summed E-state index contributed by atoms with van der Waals surface area (Å²) in [7, 11) is 0. The highest BCUT2D eigenvalue weighted by Crippen LogP contribution is 2.32. The summed E-state index contributed by atoms with van der Waals surface area (Å²) in [5, 5.41) is 3.28. The van der Waals surface area contributed by atoms with Gasteiger partial charge in [0, 0.05) is 30.6 Å². The molecule has 1 fully saturated rings. The van der Waals surface area contributed by atoms with Gasteiger partial charge in [0.2, 0.25) is 0 Å². The van der Waals surface area contributed by atoms with Crippen LogP contribution < -0.4 is 5.32 Å². The first-order chi connectivity index (χ1) is 12.7. The Morgan fingerprint density at radius 1 is 1.19 bits per heavy atom. The molecule has 0 radical (unpaired) electrons. The molecule has 0 spiro atoms. The molecule has 1 aliphatic carbocycles. The van der Waals surface area contributed by atoms with Crippen LogP contribution in [0.4, 0.5) is 0 Å². The minimum Gasteiger partial charge on any atom is -0.349 e. The Hall–Kier alpha value is -1.65. The molecule has 4 rings (SSSR count). The summed E-state index contributed by atoms with van der Waals surface area (Å²) in [6.45, 7) is 5.43. The molecule has 3 nitrogen and oxygen atoms in total. The number of piperidine rings is 1. The van der Waals surface area contributed by atoms with Crippen LogP contribution in [0.25, 0.3) is 0 Å². The van der Waals surface area contributed by atoms with Crippen LogP contribution in [-0.2, 0) is 19.4 Å². The predicted molar refractivity (Wildman–Crippen MR) is 108 cm³/mol. The second-order valence-electron chi connectivity index (χ2n) is 7.92. The van der Waals surface area contributed by atoms with Crippen molar-refractivity contribution < 1.29 is 4.79 Å². The van der Waals surface area contributed by atoms with E-state index in [1.54, 1.807) is 11.3 Å². The van der Waals surface area contributed by atoms with Crippen LogP contribution in [-0.4, -0.2) is 29.9 Å². The monoisotopic (exact) mass is 368 g/mol. The Morgan fingerprint density at radius 2 is 1.96 bits per heavy atom. The number of hydrogen-bond acceptors (Lipinski definition) is 3. The molecule has 1 saturated heterocycles. The van der Waals surface area contributed by atoms with Crippen molar-refractivity contribution in [2.24, 2.45) is 5.92 Å². The topological polar surface area (TPSA) is 32.3 Å². The van der Waals surface area contributed by atoms with Gasteiger partial charge < -0.3 is 5.32 Å². The first-order valence-corrected chi connectivity index (χ1v) is 10.7. The van der Waals surface area contributed by atoms with E-state index in [1.165, 1.54) is 22.4 Å². The maximum atomic E-state index is 12.7. The van der Waals surface area contributed by atoms with Crippen molar-refractivity contribution in [1.29, 1.82) is 0 Å². The lowest BCUT2D eigenvalue weighted by Crippen LogP contribution is -2.44. The summed E-state index contributed by atoms with van der Waals surface area (Å²) in [5.74, 6) is 0.889. The number of amides is 1. The second-order valence-corrected chi connectivity index (χ2v) is 9.05. The van der Waals surface area contributed by atoms with Gasteiger partial charge in [-0.15, -0.1) is 11.3 Å². The van der Waals surface area contributed by atoms with E-state index in [0.29, 0.717) is 6.04 Å². The Balaban J connectivity index is 1.28. The Kier molecular flexibility index (Phi) is 5.41. The zero-order valence-corrected chi connectivity index (χ0v) is 16.4. The summed E-state index contributed by atoms with van der Waals surface area (Å²) in [5.41, 5.74) is 2.78. The van der Waals surface area contributed by atoms with Gasteiger partial charge in [0.15, 0.2) is 0 Å². The van der Waals surface area contributed by atoms with Crippen molar-refractivity contribution in [1.82, 2.24) is 10.2 Å². The van der Waals surface area contributed by atoms with Gasteiger partial charge in [-0.25, -0.2) is 0 Å². The number of carbonyl (C=O) groups is 1. The summed E-state index contributed by atoms with van der Waals surface area (Å²) in [6.07, 6.45) is 5.62. The first-order valence-electron chi connectivity index (χ1n) is 9.86. The fourth-order valence-electron chi connectivity index (χ4n) is 4.15. The standard InChI is InChI=1S/C22H28N2OS/c1-16-7-8-20-18(13-16)14-21(26-20)22(25)23-19-9-11-24(12-10-19)15-17-5-3-2-4-6-17/h2-6,14,16,19H,7-13,15H2,1H3,(H,23,25)/t16-/m0/s1. The number of carbonyl (C=O) groups excluding carboxylic acids is 1. The van der Waals surface area contributed by atoms with Gasteiger partial charge in [0.05, 0.1) is 4.88 Å². The lowest BCUT2D eigenvalue weighted by atomic mass is 9.90. The molecule has 1 aromatic heterocycles. The Morgan fingerprint density at radius 3 is 2.73 bits per heavy atom. The maximum Gasteiger partial charge on any atom is 0.261 e. The molecule has 1 amide bonds. The molecule has 1 aliphatic heterocycles. The zero-order chi connectivity index (χ0) is 17.9. The predicted octanol–water partition coefficient (Wildman–Crippen LogP) is 4.27. The fraction of sp³-hybridized carbons (Fsp3) is 0.500. The minimum absolute atomic E-state index is 0.138. The van der Waals surface area contributed by atoms with Crippen molar-refractivity contribution in [2.75, 3.05) is 13.1 Å². The zero-order valence-electron chi connectivity index (χ0n) is 15.5. The van der Waals surface area contributed by atoms with Crippen molar-refractivity contribution in [2.45, 2.75) is 51.6 Å². The highest BCUT2D eigenvalue weighted by molar-refractivity contribution is 7.14. The molecule has 1 aromatic carbocycles. The van der Waals surface area contributed by atoms with Crippen molar-refractivity contribution in [3.63, 3.8) is 0 Å². The van der Waals surface area contributed by atoms with Crippen LogP contribution >= 0.6 is 11.3 Å². The summed E-state index contributed by atoms with van der Waals surface area (Å²) in [4.78, 5) is 17.5. The van der Waals surface area contributed by atoms with E-state index in [4.69, 9.17) is 0 Å². The van der Waals surface area contributed by atoms with E-state index in [9.17, 15) is 4.79 Å². The molecule has 1 N–H and O–H groups in total. The fourth-order valence-corrected chi connectivity index (χ4v) is 5.26. The average Bonchev–Trinajstić information content (AvgIpc) is 3.07. The Labute approximate surface area is 160 Å². The number of nitrogens with one attached hydrogen (secondary N) is 1. The van der Waals surface area contributed by atoms with E-state index in [2.05, 4.69) is 53.5 Å². The quantitative estimate of drug-likeness (QED) is 0.874.